The van der Waals surface area contributed by atoms with Gasteiger partial charge in [-0.1, -0.05) is 60.4 Å². The lowest BCUT2D eigenvalue weighted by Crippen LogP contribution is -2.20. The topological polar surface area (TPSA) is 12.0 Å². The second-order valence-corrected chi connectivity index (χ2v) is 5.39. The Morgan fingerprint density at radius 2 is 1.77 bits per heavy atom. The van der Waals surface area contributed by atoms with Crippen LogP contribution in [-0.4, -0.2) is 6.54 Å². The maximum atomic E-state index is 13.5. The van der Waals surface area contributed by atoms with Gasteiger partial charge in [-0.3, -0.25) is 0 Å². The third kappa shape index (κ3) is 4.44. The smallest absolute Gasteiger partial charge is 0.310 e. The van der Waals surface area contributed by atoms with Gasteiger partial charge in [0.1, 0.15) is 0 Å². The highest BCUT2D eigenvalue weighted by Crippen LogP contribution is 2.29. The highest BCUT2D eigenvalue weighted by Gasteiger charge is 2.30. The molecule has 0 saturated heterocycles. The third-order valence-electron chi connectivity index (χ3n) is 3.56. The summed E-state index contributed by atoms with van der Waals surface area (Å²) in [7, 11) is 0. The molecule has 0 spiro atoms. The van der Waals surface area contributed by atoms with Crippen LogP contribution >= 0.6 is 0 Å². The first-order chi connectivity index (χ1) is 17.8. The summed E-state index contributed by atoms with van der Waals surface area (Å²) < 4.78 is 145. The lowest BCUT2D eigenvalue weighted by molar-refractivity contribution is -0.137. The predicted octanol–water partition coefficient (Wildman–Crippen LogP) is 6.14. The quantitative estimate of drug-likeness (QED) is 0.549. The number of nitrogens with one attached hydrogen (secondary N) is 1. The van der Waals surface area contributed by atoms with Crippen LogP contribution in [-0.2, 0) is 12.5 Å². The maximum absolute atomic E-state index is 13.5. The average Bonchev–Trinajstić information content (AvgIpc) is 2.81. The van der Waals surface area contributed by atoms with E-state index in [9.17, 15) is 13.2 Å². The molecule has 0 aliphatic rings. The molecular weight excluding hydrogens is 335 g/mol. The molecule has 0 aliphatic carbocycles. The predicted molar refractivity (Wildman–Crippen MR) is 100 cm³/mol. The Kier molecular flexibility index (Phi) is 2.48. The minimum atomic E-state index is -5.22. The van der Waals surface area contributed by atoms with Crippen LogP contribution in [0.2, 0.25) is 0 Å². The summed E-state index contributed by atoms with van der Waals surface area (Å²) in [5.41, 5.74) is -2.88. The minimum Gasteiger partial charge on any atom is -0.310 e. The highest BCUT2D eigenvalue weighted by atomic mass is 19.4. The van der Waals surface area contributed by atoms with Gasteiger partial charge in [0.25, 0.3) is 0 Å². The fraction of sp³-hybridized carbons (Fsp3) is 0.273. The van der Waals surface area contributed by atoms with Gasteiger partial charge in [-0.05, 0) is 54.2 Å². The van der Waals surface area contributed by atoms with Crippen LogP contribution in [0.4, 0.5) is 13.2 Å². The number of benzene rings is 3. The van der Waals surface area contributed by atoms with E-state index in [1.807, 2.05) is 0 Å². The van der Waals surface area contributed by atoms with E-state index in [1.165, 1.54) is 6.92 Å². The Hall–Kier alpha value is -2.33. The highest BCUT2D eigenvalue weighted by molar-refractivity contribution is 5.86. The molecule has 0 unspecified atom stereocenters. The second kappa shape index (κ2) is 7.92. The van der Waals surface area contributed by atoms with Crippen molar-refractivity contribution in [3.05, 3.63) is 83.2 Å². The van der Waals surface area contributed by atoms with Crippen molar-refractivity contribution < 1.29 is 31.0 Å². The van der Waals surface area contributed by atoms with Gasteiger partial charge in [-0.2, -0.15) is 13.2 Å². The maximum Gasteiger partial charge on any atom is 0.416 e. The largest absolute Gasteiger partial charge is 0.416 e. The number of rotatable bonds is 6. The van der Waals surface area contributed by atoms with E-state index >= 15 is 0 Å². The van der Waals surface area contributed by atoms with Gasteiger partial charge in [0, 0.05) is 8.78 Å². The molecule has 0 bridgehead atoms. The molecule has 26 heavy (non-hydrogen) atoms. The van der Waals surface area contributed by atoms with Gasteiger partial charge >= 0.3 is 6.18 Å². The molecule has 0 aliphatic heterocycles. The van der Waals surface area contributed by atoms with Crippen molar-refractivity contribution >= 4 is 10.8 Å². The summed E-state index contributed by atoms with van der Waals surface area (Å²) >= 11 is 0. The monoisotopic (exact) mass is 370 g/mol. The van der Waals surface area contributed by atoms with Crippen LogP contribution in [0.5, 0.6) is 0 Å². The first-order valence-electron chi connectivity index (χ1n) is 14.2. The van der Waals surface area contributed by atoms with Crippen molar-refractivity contribution in [1.82, 2.24) is 5.32 Å². The van der Waals surface area contributed by atoms with Crippen molar-refractivity contribution in [2.45, 2.75) is 31.9 Å². The zero-order valence-electron chi connectivity index (χ0n) is 26.6. The lowest BCUT2D eigenvalue weighted by Gasteiger charge is -2.17. The summed E-state index contributed by atoms with van der Waals surface area (Å²) in [6.07, 6.45) is -8.57. The first kappa shape index (κ1) is 8.13. The van der Waals surface area contributed by atoms with E-state index in [1.54, 1.807) is 0 Å². The number of alkyl halides is 3. The Balaban J connectivity index is 2.03. The van der Waals surface area contributed by atoms with E-state index in [-0.39, 0.29) is 22.9 Å². The zero-order valence-corrected chi connectivity index (χ0v) is 13.6. The van der Waals surface area contributed by atoms with Gasteiger partial charge in [-0.25, -0.2) is 0 Å². The van der Waals surface area contributed by atoms with Gasteiger partial charge in [0.2, 0.25) is 0 Å². The fourth-order valence-corrected chi connectivity index (χ4v) is 2.31. The fourth-order valence-electron chi connectivity index (χ4n) is 2.31. The van der Waals surface area contributed by atoms with E-state index in [4.69, 9.17) is 17.8 Å². The molecule has 0 saturated carbocycles. The number of fused-ring (bicyclic) bond motifs is 1. The molecular formula is C22H22F3N. The van der Waals surface area contributed by atoms with Gasteiger partial charge in [0.15, 0.2) is 0 Å². The molecule has 0 fully saturated rings. The summed E-state index contributed by atoms with van der Waals surface area (Å²) in [6.45, 7) is 1.13. The number of hydrogen-bond donors (Lipinski definition) is 1. The van der Waals surface area contributed by atoms with E-state index < -0.39 is 103 Å². The van der Waals surface area contributed by atoms with Crippen LogP contribution in [0.1, 0.15) is 53.9 Å². The molecule has 0 aromatic heterocycles. The summed E-state index contributed by atoms with van der Waals surface area (Å²) in [6, 6.07) is -9.96. The Morgan fingerprint density at radius 1 is 1.04 bits per heavy atom. The molecule has 0 heterocycles. The summed E-state index contributed by atoms with van der Waals surface area (Å²) in [4.78, 5) is 0. The van der Waals surface area contributed by atoms with Gasteiger partial charge in [0.05, 0.1) is 20.6 Å². The number of hydrogen-bond acceptors (Lipinski definition) is 1. The molecule has 3 aromatic rings. The van der Waals surface area contributed by atoms with E-state index in [0.717, 1.165) is 0 Å². The van der Waals surface area contributed by atoms with Crippen molar-refractivity contribution in [1.29, 1.82) is 0 Å². The van der Waals surface area contributed by atoms with Crippen molar-refractivity contribution in [2.75, 3.05) is 6.54 Å². The van der Waals surface area contributed by atoms with Crippen molar-refractivity contribution in [3.8, 4) is 0 Å². The molecule has 1 N–H and O–H groups in total. The van der Waals surface area contributed by atoms with Crippen LogP contribution in [0.3, 0.4) is 0 Å². The SMILES string of the molecule is [2H]c1c([2H])c(C(F)(F)F)c([2H])c(C([2H])([2H])CCN[C@H](C)c2c([2H])c([2H])c([2H])c3c([2H])c([2H])c([2H])c([2H])c23)c1[2H]. The molecule has 4 heteroatoms. The standard InChI is InChI=1S/C22H22F3N/c1-16(20-13-5-10-18-9-2-3-12-21(18)20)26-14-6-8-17-7-4-11-19(15-17)22(23,24)25/h2-5,7,9-13,15-16,26H,6,8,14H2,1H3/t16-/m1/s1/i2D,3D,4D,5D,7D,8D2,9D,10D,11D,12D,13D,15D. The molecule has 3 rings (SSSR count). The average molecular weight is 370 g/mol. The van der Waals surface area contributed by atoms with E-state index in [2.05, 4.69) is 5.32 Å². The molecule has 136 valence electrons. The van der Waals surface area contributed by atoms with Crippen LogP contribution in [0.15, 0.2) is 66.5 Å². The van der Waals surface area contributed by atoms with Gasteiger partial charge in [-0.15, -0.1) is 0 Å². The Labute approximate surface area is 170 Å². The van der Waals surface area contributed by atoms with Gasteiger partial charge < -0.3 is 5.32 Å². The summed E-state index contributed by atoms with van der Waals surface area (Å²) in [5, 5.41) is 2.37. The Morgan fingerprint density at radius 3 is 2.58 bits per heavy atom. The second-order valence-electron chi connectivity index (χ2n) is 5.39. The molecule has 1 atom stereocenters. The molecule has 0 amide bonds. The third-order valence-corrected chi connectivity index (χ3v) is 3.56. The normalized spacial score (nSPS) is 20.7. The van der Waals surface area contributed by atoms with E-state index in [0.29, 0.717) is 0 Å². The molecule has 0 radical (unpaired) electrons. The lowest BCUT2D eigenvalue weighted by atomic mass is 9.99. The van der Waals surface area contributed by atoms with Crippen LogP contribution < -0.4 is 5.32 Å². The zero-order chi connectivity index (χ0) is 29.9. The minimum absolute atomic E-state index is 0.0627. The van der Waals surface area contributed by atoms with Crippen LogP contribution in [0.25, 0.3) is 10.8 Å². The Bertz CT molecular complexity index is 1480. The first-order valence-corrected chi connectivity index (χ1v) is 7.68. The summed E-state index contributed by atoms with van der Waals surface area (Å²) in [5.74, 6) is 0. The molecule has 1 nitrogen and oxygen atoms in total. The van der Waals surface area contributed by atoms with Crippen molar-refractivity contribution in [2.24, 2.45) is 0 Å². The number of halogens is 3. The van der Waals surface area contributed by atoms with Crippen molar-refractivity contribution in [3.63, 3.8) is 0 Å². The molecule has 3 aromatic carbocycles. The van der Waals surface area contributed by atoms with Crippen LogP contribution in [0, 0.1) is 0 Å².